The number of nitrogens with two attached hydrogens (primary N) is 1. The summed E-state index contributed by atoms with van der Waals surface area (Å²) >= 11 is 0. The van der Waals surface area contributed by atoms with E-state index in [-0.39, 0.29) is 0 Å². The first-order chi connectivity index (χ1) is 11.8. The van der Waals surface area contributed by atoms with Crippen molar-refractivity contribution >= 4 is 17.7 Å². The minimum absolute atomic E-state index is 0.292. The van der Waals surface area contributed by atoms with Crippen molar-refractivity contribution in [3.05, 3.63) is 57.6 Å². The molecule has 1 heterocycles. The lowest BCUT2D eigenvalue weighted by molar-refractivity contribution is -0.429. The lowest BCUT2D eigenvalue weighted by Crippen LogP contribution is -2.38. The Hall–Kier alpha value is -2.13. The molecule has 0 saturated carbocycles. The van der Waals surface area contributed by atoms with Crippen LogP contribution >= 0.6 is 0 Å². The van der Waals surface area contributed by atoms with Crippen molar-refractivity contribution in [2.75, 3.05) is 18.0 Å². The molecule has 25 heavy (non-hydrogen) atoms. The molecule has 0 spiro atoms. The first kappa shape index (κ1) is 17.7. The predicted octanol–water partition coefficient (Wildman–Crippen LogP) is 4.06. The highest BCUT2D eigenvalue weighted by Crippen LogP contribution is 2.32. The predicted molar refractivity (Wildman–Crippen MR) is 107 cm³/mol. The van der Waals surface area contributed by atoms with Gasteiger partial charge in [-0.25, -0.2) is 9.48 Å². The molecule has 132 valence electrons. The summed E-state index contributed by atoms with van der Waals surface area (Å²) in [6.07, 6.45) is 2.26. The van der Waals surface area contributed by atoms with Crippen LogP contribution in [0.3, 0.4) is 0 Å². The second-order valence-electron chi connectivity index (χ2n) is 7.56. The van der Waals surface area contributed by atoms with Crippen LogP contribution in [0.2, 0.25) is 0 Å². The van der Waals surface area contributed by atoms with Crippen LogP contribution in [0.1, 0.15) is 33.4 Å². The second-order valence-corrected chi connectivity index (χ2v) is 7.56. The average Bonchev–Trinajstić information content (AvgIpc) is 2.88. The van der Waals surface area contributed by atoms with Gasteiger partial charge in [0.1, 0.15) is 17.9 Å². The summed E-state index contributed by atoms with van der Waals surface area (Å²) in [7, 11) is 0. The topological polar surface area (TPSA) is 32.3 Å². The van der Waals surface area contributed by atoms with Gasteiger partial charge in [0, 0.05) is 6.54 Å². The maximum Gasteiger partial charge on any atom is 0.245 e. The smallest absolute Gasteiger partial charge is 0.245 e. The second kappa shape index (κ2) is 6.64. The van der Waals surface area contributed by atoms with Gasteiger partial charge in [0.2, 0.25) is 6.34 Å². The molecule has 0 saturated heterocycles. The minimum atomic E-state index is 0.292. The van der Waals surface area contributed by atoms with Crippen molar-refractivity contribution in [2.24, 2.45) is 5.73 Å². The number of rotatable bonds is 3. The molecular formula is C22H30N3+. The Bertz CT molecular complexity index is 802. The first-order valence-electron chi connectivity index (χ1n) is 9.07. The molecule has 2 N–H and O–H groups in total. The summed E-state index contributed by atoms with van der Waals surface area (Å²) in [6, 6.07) is 9.33. The average molecular weight is 337 g/mol. The summed E-state index contributed by atoms with van der Waals surface area (Å²) in [5, 5.41) is 0. The summed E-state index contributed by atoms with van der Waals surface area (Å²) < 4.78 is 2.38. The van der Waals surface area contributed by atoms with Crippen LogP contribution in [0.15, 0.2) is 24.3 Å². The lowest BCUT2D eigenvalue weighted by Gasteiger charge is -2.19. The van der Waals surface area contributed by atoms with Crippen LogP contribution in [0, 0.1) is 41.5 Å². The summed E-state index contributed by atoms with van der Waals surface area (Å²) in [4.78, 5) is 2.38. The molecule has 0 aliphatic carbocycles. The third-order valence-electron chi connectivity index (χ3n) is 5.15. The molecule has 3 nitrogen and oxygen atoms in total. The van der Waals surface area contributed by atoms with Crippen molar-refractivity contribution in [3.63, 3.8) is 0 Å². The highest BCUT2D eigenvalue weighted by atomic mass is 15.3. The van der Waals surface area contributed by atoms with E-state index in [1.54, 1.807) is 0 Å². The van der Waals surface area contributed by atoms with Crippen molar-refractivity contribution in [1.82, 2.24) is 0 Å². The molecule has 0 amide bonds. The summed E-state index contributed by atoms with van der Waals surface area (Å²) in [5.74, 6) is 0. The Balaban J connectivity index is 2.11. The molecule has 2 aromatic rings. The van der Waals surface area contributed by atoms with Gasteiger partial charge >= 0.3 is 0 Å². The zero-order valence-electron chi connectivity index (χ0n) is 16.4. The fraction of sp³-hybridized carbons (Fsp3) is 0.409. The molecule has 3 rings (SSSR count). The van der Waals surface area contributed by atoms with Crippen LogP contribution < -0.4 is 10.6 Å². The van der Waals surface area contributed by atoms with E-state index in [2.05, 4.69) is 81.6 Å². The van der Waals surface area contributed by atoms with Gasteiger partial charge in [-0.2, -0.15) is 0 Å². The monoisotopic (exact) mass is 336 g/mol. The molecule has 1 unspecified atom stereocenters. The Labute approximate surface area is 151 Å². The number of aryl methyl sites for hydroxylation is 6. The van der Waals surface area contributed by atoms with E-state index in [9.17, 15) is 0 Å². The molecule has 0 radical (unpaired) electrons. The number of hydrogen-bond donors (Lipinski definition) is 1. The van der Waals surface area contributed by atoms with Crippen LogP contribution in [0.25, 0.3) is 0 Å². The Morgan fingerprint density at radius 2 is 1.36 bits per heavy atom. The lowest BCUT2D eigenvalue weighted by atomic mass is 10.0. The van der Waals surface area contributed by atoms with Crippen molar-refractivity contribution in [1.29, 1.82) is 0 Å². The fourth-order valence-electron chi connectivity index (χ4n) is 4.39. The Morgan fingerprint density at radius 1 is 0.880 bits per heavy atom. The van der Waals surface area contributed by atoms with Gasteiger partial charge in [0.05, 0.1) is 0 Å². The summed E-state index contributed by atoms with van der Waals surface area (Å²) in [5.41, 5.74) is 16.6. The molecule has 0 bridgehead atoms. The minimum Gasteiger partial charge on any atom is -0.327 e. The van der Waals surface area contributed by atoms with Crippen LogP contribution in [0.5, 0.6) is 0 Å². The van der Waals surface area contributed by atoms with Crippen LogP contribution in [-0.4, -0.2) is 30.0 Å². The van der Waals surface area contributed by atoms with Crippen LogP contribution in [0.4, 0.5) is 11.4 Å². The molecule has 1 atom stereocenters. The third kappa shape index (κ3) is 3.21. The Morgan fingerprint density at radius 3 is 1.84 bits per heavy atom. The van der Waals surface area contributed by atoms with Crippen molar-refractivity contribution < 1.29 is 4.58 Å². The molecular weight excluding hydrogens is 306 g/mol. The van der Waals surface area contributed by atoms with Gasteiger partial charge in [-0.15, -0.1) is 0 Å². The van der Waals surface area contributed by atoms with Gasteiger partial charge in [-0.1, -0.05) is 35.4 Å². The highest BCUT2D eigenvalue weighted by Gasteiger charge is 2.35. The Kier molecular flexibility index (Phi) is 4.70. The first-order valence-corrected chi connectivity index (χ1v) is 9.07. The van der Waals surface area contributed by atoms with Gasteiger partial charge in [0.25, 0.3) is 0 Å². The number of hydrogen-bond acceptors (Lipinski definition) is 2. The highest BCUT2D eigenvalue weighted by molar-refractivity contribution is 5.83. The maximum atomic E-state index is 6.14. The molecule has 0 fully saturated rings. The number of nitrogens with zero attached hydrogens (tertiary/aromatic N) is 2. The fourth-order valence-corrected chi connectivity index (χ4v) is 4.39. The molecule has 2 aromatic carbocycles. The summed E-state index contributed by atoms with van der Waals surface area (Å²) in [6.45, 7) is 14.7. The largest absolute Gasteiger partial charge is 0.327 e. The van der Waals surface area contributed by atoms with E-state index in [0.717, 1.165) is 6.54 Å². The van der Waals surface area contributed by atoms with E-state index in [4.69, 9.17) is 5.73 Å². The number of anilines is 1. The third-order valence-corrected chi connectivity index (χ3v) is 5.15. The van der Waals surface area contributed by atoms with Gasteiger partial charge in [-0.05, 0) is 63.8 Å². The van der Waals surface area contributed by atoms with E-state index in [1.165, 1.54) is 44.8 Å². The van der Waals surface area contributed by atoms with Gasteiger partial charge < -0.3 is 5.73 Å². The van der Waals surface area contributed by atoms with E-state index >= 15 is 0 Å². The van der Waals surface area contributed by atoms with E-state index in [1.807, 2.05) is 0 Å². The van der Waals surface area contributed by atoms with Crippen LogP contribution in [-0.2, 0) is 0 Å². The molecule has 0 aromatic heterocycles. The molecule has 3 heteroatoms. The standard InChI is InChI=1S/C22H30N3/c1-14-7-16(3)21(17(4)8-14)24-12-20(11-23)25(13-24)22-18(5)9-15(2)10-19(22)6/h7-10,13,20H,11-12,23H2,1-6H3/q+1. The van der Waals surface area contributed by atoms with E-state index < -0.39 is 0 Å². The zero-order valence-corrected chi connectivity index (χ0v) is 16.4. The molecule has 1 aliphatic rings. The van der Waals surface area contributed by atoms with Crippen molar-refractivity contribution in [2.45, 2.75) is 47.6 Å². The van der Waals surface area contributed by atoms with Gasteiger partial charge in [-0.3, -0.25) is 0 Å². The van der Waals surface area contributed by atoms with Crippen molar-refractivity contribution in [3.8, 4) is 0 Å². The maximum absolute atomic E-state index is 6.14. The van der Waals surface area contributed by atoms with Gasteiger partial charge in [0.15, 0.2) is 6.04 Å². The van der Waals surface area contributed by atoms with E-state index in [0.29, 0.717) is 12.6 Å². The number of benzene rings is 2. The molecule has 1 aliphatic heterocycles. The normalized spacial score (nSPS) is 17.2. The SMILES string of the molecule is Cc1cc(C)c(N2C=[N+](c3c(C)cc(C)cc3C)CC2CN)c(C)c1. The quantitative estimate of drug-likeness (QED) is 0.857. The zero-order chi connectivity index (χ0) is 18.3.